The Morgan fingerprint density at radius 3 is 2.24 bits per heavy atom. The van der Waals surface area contributed by atoms with Gasteiger partial charge in [0.25, 0.3) is 5.91 Å². The molecule has 0 radical (unpaired) electrons. The molecule has 8 nitrogen and oxygen atoms in total. The van der Waals surface area contributed by atoms with Gasteiger partial charge >= 0.3 is 0 Å². The van der Waals surface area contributed by atoms with Crippen LogP contribution in [0.15, 0.2) is 47.8 Å². The number of carbonyl (C=O) groups is 2. The Morgan fingerprint density at radius 2 is 1.64 bits per heavy atom. The van der Waals surface area contributed by atoms with Crippen molar-refractivity contribution >= 4 is 28.3 Å². The molecule has 1 atom stereocenters. The summed E-state index contributed by atoms with van der Waals surface area (Å²) in [6.45, 7) is 3.72. The van der Waals surface area contributed by atoms with E-state index in [-0.39, 0.29) is 11.8 Å². The summed E-state index contributed by atoms with van der Waals surface area (Å²) in [6.07, 6.45) is 0. The fourth-order valence-corrected chi connectivity index (χ4v) is 3.91. The maximum absolute atomic E-state index is 13.0. The Kier molecular flexibility index (Phi) is 7.89. The van der Waals surface area contributed by atoms with Crippen molar-refractivity contribution in [3.63, 3.8) is 0 Å². The third kappa shape index (κ3) is 5.81. The van der Waals surface area contributed by atoms with E-state index >= 15 is 0 Å². The summed E-state index contributed by atoms with van der Waals surface area (Å²) < 4.78 is 15.8. The van der Waals surface area contributed by atoms with Gasteiger partial charge in [-0.3, -0.25) is 9.59 Å². The van der Waals surface area contributed by atoms with Crippen LogP contribution in [0.3, 0.4) is 0 Å². The van der Waals surface area contributed by atoms with Gasteiger partial charge in [-0.15, -0.1) is 11.3 Å². The summed E-state index contributed by atoms with van der Waals surface area (Å²) in [5.41, 5.74) is 1.86. The predicted molar refractivity (Wildman–Crippen MR) is 128 cm³/mol. The molecule has 3 aromatic rings. The van der Waals surface area contributed by atoms with E-state index in [1.165, 1.54) is 25.6 Å². The number of rotatable bonds is 9. The van der Waals surface area contributed by atoms with Crippen molar-refractivity contribution in [2.75, 3.05) is 26.6 Å². The molecule has 0 spiro atoms. The molecule has 174 valence electrons. The van der Waals surface area contributed by atoms with Crippen molar-refractivity contribution in [1.82, 2.24) is 10.3 Å². The first-order valence-electron chi connectivity index (χ1n) is 10.3. The molecule has 0 fully saturated rings. The van der Waals surface area contributed by atoms with Crippen LogP contribution in [0.25, 0.3) is 11.3 Å². The number of aromatic nitrogens is 1. The van der Waals surface area contributed by atoms with Crippen LogP contribution in [0.2, 0.25) is 0 Å². The number of carbonyl (C=O) groups excluding carboxylic acids is 2. The average molecular weight is 470 g/mol. The molecule has 0 aliphatic carbocycles. The van der Waals surface area contributed by atoms with E-state index in [9.17, 15) is 9.59 Å². The smallest absolute Gasteiger partial charge is 0.252 e. The van der Waals surface area contributed by atoms with E-state index in [2.05, 4.69) is 15.6 Å². The fraction of sp³-hybridized carbons (Fsp3) is 0.292. The number of benzene rings is 2. The van der Waals surface area contributed by atoms with Gasteiger partial charge in [0.15, 0.2) is 5.13 Å². The number of amides is 2. The maximum Gasteiger partial charge on any atom is 0.252 e. The molecule has 2 aromatic carbocycles. The van der Waals surface area contributed by atoms with Gasteiger partial charge < -0.3 is 24.8 Å². The molecule has 0 saturated carbocycles. The van der Waals surface area contributed by atoms with E-state index in [1.54, 1.807) is 25.3 Å². The highest BCUT2D eigenvalue weighted by molar-refractivity contribution is 7.14. The topological polar surface area (TPSA) is 98.8 Å². The molecule has 0 aliphatic rings. The van der Waals surface area contributed by atoms with Gasteiger partial charge in [-0.2, -0.15) is 0 Å². The second-order valence-corrected chi connectivity index (χ2v) is 8.38. The van der Waals surface area contributed by atoms with Crippen molar-refractivity contribution in [2.24, 2.45) is 5.92 Å². The molecule has 9 heteroatoms. The zero-order chi connectivity index (χ0) is 24.0. The Bertz CT molecular complexity index is 1110. The molecule has 1 aromatic heterocycles. The molecular formula is C24H27N3O5S. The number of ether oxygens (including phenoxy) is 3. The Labute approximate surface area is 196 Å². The van der Waals surface area contributed by atoms with Crippen molar-refractivity contribution < 1.29 is 23.8 Å². The number of anilines is 1. The third-order valence-electron chi connectivity index (χ3n) is 4.97. The highest BCUT2D eigenvalue weighted by Gasteiger charge is 2.26. The van der Waals surface area contributed by atoms with Gasteiger partial charge in [-0.1, -0.05) is 26.0 Å². The van der Waals surface area contributed by atoms with Crippen molar-refractivity contribution in [2.45, 2.75) is 19.9 Å². The van der Waals surface area contributed by atoms with Crippen LogP contribution in [-0.4, -0.2) is 44.2 Å². The minimum atomic E-state index is -0.770. The van der Waals surface area contributed by atoms with E-state index in [4.69, 9.17) is 14.2 Å². The van der Waals surface area contributed by atoms with Crippen LogP contribution in [0.5, 0.6) is 17.2 Å². The second kappa shape index (κ2) is 10.8. The van der Waals surface area contributed by atoms with E-state index in [0.29, 0.717) is 33.6 Å². The molecule has 0 aliphatic heterocycles. The maximum atomic E-state index is 13.0. The molecule has 1 unspecified atom stereocenters. The molecule has 2 amide bonds. The molecule has 1 heterocycles. The van der Waals surface area contributed by atoms with Crippen LogP contribution >= 0.6 is 11.3 Å². The van der Waals surface area contributed by atoms with Gasteiger partial charge in [-0.25, -0.2) is 4.98 Å². The molecule has 33 heavy (non-hydrogen) atoms. The molecule has 2 N–H and O–H groups in total. The van der Waals surface area contributed by atoms with Gasteiger partial charge in [0.2, 0.25) is 5.91 Å². The van der Waals surface area contributed by atoms with Crippen LogP contribution in [0.1, 0.15) is 24.2 Å². The first-order valence-corrected chi connectivity index (χ1v) is 11.2. The average Bonchev–Trinajstić information content (AvgIpc) is 3.29. The van der Waals surface area contributed by atoms with Crippen LogP contribution in [0, 0.1) is 5.92 Å². The normalized spacial score (nSPS) is 11.6. The number of para-hydroxylation sites is 1. The fourth-order valence-electron chi connectivity index (χ4n) is 3.19. The zero-order valence-corrected chi connectivity index (χ0v) is 20.0. The van der Waals surface area contributed by atoms with E-state index in [1.807, 2.05) is 43.5 Å². The lowest BCUT2D eigenvalue weighted by Gasteiger charge is -2.21. The molecular weight excluding hydrogens is 442 g/mol. The van der Waals surface area contributed by atoms with E-state index < -0.39 is 11.9 Å². The molecule has 0 bridgehead atoms. The lowest BCUT2D eigenvalue weighted by molar-refractivity contribution is -0.118. The SMILES string of the molecule is COc1cc(OC)cc(C(=O)NC(C(=O)Nc2nc(-c3ccccc3OC)cs2)C(C)C)c1. The van der Waals surface area contributed by atoms with Crippen LogP contribution in [-0.2, 0) is 4.79 Å². The Hall–Kier alpha value is -3.59. The number of nitrogens with one attached hydrogen (secondary N) is 2. The van der Waals surface area contributed by atoms with Crippen LogP contribution in [0.4, 0.5) is 5.13 Å². The standard InChI is InChI=1S/C24H27N3O5S/c1-14(2)21(26-22(28)15-10-16(30-3)12-17(11-15)31-4)23(29)27-24-25-19(13-33-24)18-8-6-7-9-20(18)32-5/h6-14,21H,1-5H3,(H,26,28)(H,25,27,29). The van der Waals surface area contributed by atoms with Gasteiger partial charge in [0.1, 0.15) is 23.3 Å². The monoisotopic (exact) mass is 469 g/mol. The summed E-state index contributed by atoms with van der Waals surface area (Å²) in [5, 5.41) is 7.90. The first kappa shape index (κ1) is 24.1. The summed E-state index contributed by atoms with van der Waals surface area (Å²) in [5.74, 6) is 0.745. The van der Waals surface area contributed by atoms with Gasteiger partial charge in [0.05, 0.1) is 27.0 Å². The second-order valence-electron chi connectivity index (χ2n) is 7.52. The van der Waals surface area contributed by atoms with Gasteiger partial charge in [0, 0.05) is 22.6 Å². The zero-order valence-electron chi connectivity index (χ0n) is 19.2. The highest BCUT2D eigenvalue weighted by atomic mass is 32.1. The lowest BCUT2D eigenvalue weighted by Crippen LogP contribution is -2.47. The third-order valence-corrected chi connectivity index (χ3v) is 5.72. The summed E-state index contributed by atoms with van der Waals surface area (Å²) >= 11 is 1.30. The first-order chi connectivity index (χ1) is 15.9. The molecule has 3 rings (SSSR count). The predicted octanol–water partition coefficient (Wildman–Crippen LogP) is 4.23. The largest absolute Gasteiger partial charge is 0.497 e. The van der Waals surface area contributed by atoms with Gasteiger partial charge in [-0.05, 0) is 30.2 Å². The number of hydrogen-bond acceptors (Lipinski definition) is 7. The lowest BCUT2D eigenvalue weighted by atomic mass is 10.0. The summed E-state index contributed by atoms with van der Waals surface area (Å²) in [7, 11) is 4.62. The van der Waals surface area contributed by atoms with Crippen molar-refractivity contribution in [3.05, 3.63) is 53.4 Å². The number of hydrogen-bond donors (Lipinski definition) is 2. The quantitative estimate of drug-likeness (QED) is 0.487. The van der Waals surface area contributed by atoms with E-state index in [0.717, 1.165) is 5.56 Å². The minimum Gasteiger partial charge on any atom is -0.497 e. The van der Waals surface area contributed by atoms with Crippen molar-refractivity contribution in [1.29, 1.82) is 0 Å². The minimum absolute atomic E-state index is 0.157. The van der Waals surface area contributed by atoms with Crippen LogP contribution < -0.4 is 24.8 Å². The number of nitrogens with zero attached hydrogens (tertiary/aromatic N) is 1. The summed E-state index contributed by atoms with van der Waals surface area (Å²) in [4.78, 5) is 30.4. The number of thiazole rings is 1. The Morgan fingerprint density at radius 1 is 0.970 bits per heavy atom. The highest BCUT2D eigenvalue weighted by Crippen LogP contribution is 2.32. The Balaban J connectivity index is 1.75. The number of methoxy groups -OCH3 is 3. The summed E-state index contributed by atoms with van der Waals surface area (Å²) in [6, 6.07) is 11.6. The molecule has 0 saturated heterocycles. The van der Waals surface area contributed by atoms with Crippen molar-refractivity contribution in [3.8, 4) is 28.5 Å².